The highest BCUT2D eigenvalue weighted by molar-refractivity contribution is 7.91. The Kier molecular flexibility index (Phi) is 7.98. The number of benzene rings is 2. The van der Waals surface area contributed by atoms with E-state index in [0.29, 0.717) is 51.0 Å². The maximum absolute atomic E-state index is 14.2. The lowest BCUT2D eigenvalue weighted by Gasteiger charge is -2.28. The third kappa shape index (κ3) is 5.58. The summed E-state index contributed by atoms with van der Waals surface area (Å²) in [6.45, 7) is 11.0. The van der Waals surface area contributed by atoms with Crippen molar-refractivity contribution in [1.82, 2.24) is 13.5 Å². The molecule has 1 atom stereocenters. The zero-order valence-corrected chi connectivity index (χ0v) is 27.2. The average Bonchev–Trinajstić information content (AvgIpc) is 3.57. The Morgan fingerprint density at radius 3 is 2.65 bits per heavy atom. The summed E-state index contributed by atoms with van der Waals surface area (Å²) in [6.07, 6.45) is 6.96. The van der Waals surface area contributed by atoms with Gasteiger partial charge in [0.2, 0.25) is 15.8 Å². The summed E-state index contributed by atoms with van der Waals surface area (Å²) in [6, 6.07) is 13.3. The molecule has 0 fully saturated rings. The number of imidazole rings is 1. The molecule has 4 aromatic rings. The lowest BCUT2D eigenvalue weighted by Crippen LogP contribution is -2.38. The van der Waals surface area contributed by atoms with Gasteiger partial charge in [-0.25, -0.2) is 17.4 Å². The Morgan fingerprint density at radius 1 is 1.19 bits per heavy atom. The highest BCUT2D eigenvalue weighted by Gasteiger charge is 2.40. The molecule has 2 aromatic carbocycles. The molecule has 0 bridgehead atoms. The molecule has 43 heavy (non-hydrogen) atoms. The first-order valence-electron chi connectivity index (χ1n) is 14.1. The second-order valence-corrected chi connectivity index (χ2v) is 20.2. The average molecular weight is 617 g/mol. The lowest BCUT2D eigenvalue weighted by atomic mass is 10.0. The minimum Gasteiger partial charge on any atom is -0.497 e. The Bertz CT molecular complexity index is 1960. The number of ether oxygens (including phenoxy) is 2. The van der Waals surface area contributed by atoms with Crippen molar-refractivity contribution >= 4 is 45.8 Å². The lowest BCUT2D eigenvalue weighted by molar-refractivity contribution is 0.0835. The highest BCUT2D eigenvalue weighted by Crippen LogP contribution is 2.35. The van der Waals surface area contributed by atoms with Crippen LogP contribution in [0.5, 0.6) is 0 Å². The van der Waals surface area contributed by atoms with Gasteiger partial charge >= 0.3 is 0 Å². The molecule has 5 rings (SSSR count). The molecule has 1 unspecified atom stereocenters. The first-order chi connectivity index (χ1) is 20.3. The number of hydrogen-bond donors (Lipinski definition) is 0. The van der Waals surface area contributed by atoms with Crippen LogP contribution in [0.4, 0.5) is 0 Å². The normalized spacial score (nSPS) is 17.3. The number of aryl methyl sites for hydroxylation is 1. The van der Waals surface area contributed by atoms with Gasteiger partial charge in [-0.15, -0.1) is 0 Å². The Labute approximate surface area is 253 Å². The zero-order valence-electron chi connectivity index (χ0n) is 25.3. The van der Waals surface area contributed by atoms with Crippen molar-refractivity contribution in [3.63, 3.8) is 0 Å². The van der Waals surface area contributed by atoms with E-state index >= 15 is 0 Å². The second kappa shape index (κ2) is 11.3. The van der Waals surface area contributed by atoms with Crippen molar-refractivity contribution in [3.8, 4) is 6.07 Å². The van der Waals surface area contributed by atoms with Crippen LogP contribution in [-0.4, -0.2) is 54.3 Å². The van der Waals surface area contributed by atoms with Gasteiger partial charge in [-0.05, 0) is 74.4 Å². The monoisotopic (exact) mass is 616 g/mol. The van der Waals surface area contributed by atoms with E-state index in [1.165, 1.54) is 17.3 Å². The summed E-state index contributed by atoms with van der Waals surface area (Å²) in [5.41, 5.74) is 3.11. The summed E-state index contributed by atoms with van der Waals surface area (Å²) in [7, 11) is -3.77. The number of nitriles is 1. The molecule has 0 saturated heterocycles. The molecular weight excluding hydrogens is 581 g/mol. The number of aromatic nitrogens is 3. The standard InChI is InChI=1S/C32H36N4O5SSi/c1-22-9-11-26(25-13-15-36(29(22)25)42(38,39)32(2)14-7-8-24(19-32)40-3)30(37)31-34-27-18-23(20-33)10-12-28(27)35(31)21-41-16-17-43(4,5)6/h7-13,15,18-19H,14,16-17,21H2,1-6H3. The summed E-state index contributed by atoms with van der Waals surface area (Å²) < 4.78 is 41.3. The Balaban J connectivity index is 1.60. The van der Waals surface area contributed by atoms with E-state index in [2.05, 4.69) is 30.7 Å². The van der Waals surface area contributed by atoms with E-state index in [0.717, 1.165) is 6.04 Å². The Hall–Kier alpha value is -3.98. The van der Waals surface area contributed by atoms with Crippen LogP contribution in [0.15, 0.2) is 66.6 Å². The molecule has 0 spiro atoms. The van der Waals surface area contributed by atoms with Gasteiger partial charge in [0.05, 0.1) is 35.3 Å². The van der Waals surface area contributed by atoms with Crippen molar-refractivity contribution in [1.29, 1.82) is 5.26 Å². The number of carbonyl (C=O) groups is 1. The summed E-state index contributed by atoms with van der Waals surface area (Å²) in [5, 5.41) is 9.93. The van der Waals surface area contributed by atoms with Crippen LogP contribution in [0.1, 0.15) is 40.7 Å². The van der Waals surface area contributed by atoms with Crippen LogP contribution >= 0.6 is 0 Å². The SMILES string of the molecule is COC1=CC(C)(S(=O)(=O)n2ccc3c(C(=O)c4nc5cc(C#N)ccc5n4COCC[Si](C)(C)C)ccc(C)c32)CC=C1. The second-order valence-electron chi connectivity index (χ2n) is 12.3. The van der Waals surface area contributed by atoms with Gasteiger partial charge < -0.3 is 9.47 Å². The molecule has 2 heterocycles. The molecule has 11 heteroatoms. The van der Waals surface area contributed by atoms with Crippen molar-refractivity contribution < 1.29 is 22.7 Å². The number of hydrogen-bond acceptors (Lipinski definition) is 7. The van der Waals surface area contributed by atoms with Crippen LogP contribution in [0.25, 0.3) is 21.9 Å². The van der Waals surface area contributed by atoms with Crippen molar-refractivity contribution in [2.75, 3.05) is 13.7 Å². The summed E-state index contributed by atoms with van der Waals surface area (Å²) in [5.74, 6) is 0.278. The third-order valence-electron chi connectivity index (χ3n) is 7.89. The van der Waals surface area contributed by atoms with Crippen LogP contribution in [0.2, 0.25) is 25.7 Å². The van der Waals surface area contributed by atoms with E-state index in [1.54, 1.807) is 66.1 Å². The van der Waals surface area contributed by atoms with E-state index in [4.69, 9.17) is 9.47 Å². The van der Waals surface area contributed by atoms with E-state index in [9.17, 15) is 18.5 Å². The number of allylic oxidation sites excluding steroid dienone is 2. The number of carbonyl (C=O) groups excluding carboxylic acids is 1. The fourth-order valence-electron chi connectivity index (χ4n) is 5.30. The Morgan fingerprint density at radius 2 is 1.95 bits per heavy atom. The van der Waals surface area contributed by atoms with Crippen LogP contribution in [-0.2, 0) is 26.2 Å². The van der Waals surface area contributed by atoms with Crippen molar-refractivity contribution in [2.45, 2.75) is 57.4 Å². The van der Waals surface area contributed by atoms with Gasteiger partial charge in [0.1, 0.15) is 17.2 Å². The highest BCUT2D eigenvalue weighted by atomic mass is 32.2. The van der Waals surface area contributed by atoms with Gasteiger partial charge in [0.25, 0.3) is 0 Å². The van der Waals surface area contributed by atoms with E-state index in [-0.39, 0.29) is 24.8 Å². The van der Waals surface area contributed by atoms with Crippen molar-refractivity contribution in [2.24, 2.45) is 0 Å². The number of ketones is 1. The summed E-state index contributed by atoms with van der Waals surface area (Å²) >= 11 is 0. The van der Waals surface area contributed by atoms with Crippen LogP contribution < -0.4 is 0 Å². The number of methoxy groups -OCH3 is 1. The maximum atomic E-state index is 14.2. The first kappa shape index (κ1) is 30.5. The molecule has 9 nitrogen and oxygen atoms in total. The molecule has 0 N–H and O–H groups in total. The van der Waals surface area contributed by atoms with E-state index < -0.39 is 22.8 Å². The van der Waals surface area contributed by atoms with Gasteiger partial charge in [-0.3, -0.25) is 9.36 Å². The topological polar surface area (TPSA) is 116 Å². The molecular formula is C32H36N4O5SSi. The minimum absolute atomic E-state index is 0.123. The molecule has 2 aromatic heterocycles. The largest absolute Gasteiger partial charge is 0.497 e. The van der Waals surface area contributed by atoms with Gasteiger partial charge in [0.15, 0.2) is 5.82 Å². The maximum Gasteiger partial charge on any atom is 0.248 e. The van der Waals surface area contributed by atoms with Crippen LogP contribution in [0.3, 0.4) is 0 Å². The number of fused-ring (bicyclic) bond motifs is 2. The molecule has 0 saturated carbocycles. The molecule has 224 valence electrons. The predicted octanol–water partition coefficient (Wildman–Crippen LogP) is 6.14. The zero-order chi connectivity index (χ0) is 31.2. The fourth-order valence-corrected chi connectivity index (χ4v) is 7.78. The van der Waals surface area contributed by atoms with Gasteiger partial charge in [0, 0.05) is 31.8 Å². The first-order valence-corrected chi connectivity index (χ1v) is 19.3. The number of nitrogens with zero attached hydrogens (tertiary/aromatic N) is 4. The minimum atomic E-state index is -3.95. The molecule has 0 aliphatic heterocycles. The molecule has 0 amide bonds. The van der Waals surface area contributed by atoms with Crippen molar-refractivity contribution in [3.05, 3.63) is 89.1 Å². The number of rotatable bonds is 10. The predicted molar refractivity (Wildman–Crippen MR) is 170 cm³/mol. The quantitative estimate of drug-likeness (QED) is 0.119. The van der Waals surface area contributed by atoms with Gasteiger partial charge in [-0.1, -0.05) is 31.8 Å². The fraction of sp³-hybridized carbons (Fsp3) is 0.344. The smallest absolute Gasteiger partial charge is 0.248 e. The van der Waals surface area contributed by atoms with Gasteiger partial charge in [-0.2, -0.15) is 5.26 Å². The third-order valence-corrected chi connectivity index (χ3v) is 11.9. The molecule has 1 aliphatic rings. The summed E-state index contributed by atoms with van der Waals surface area (Å²) in [4.78, 5) is 18.9. The molecule has 0 radical (unpaired) electrons. The molecule has 1 aliphatic carbocycles. The van der Waals surface area contributed by atoms with Crippen LogP contribution in [0, 0.1) is 18.3 Å². The van der Waals surface area contributed by atoms with E-state index in [1.807, 2.05) is 6.92 Å².